The van der Waals surface area contributed by atoms with Crippen LogP contribution in [0.25, 0.3) is 0 Å². The largest absolute Gasteiger partial charge is 0.290 e. The van der Waals surface area contributed by atoms with Gasteiger partial charge in [-0.05, 0) is 50.5 Å². The van der Waals surface area contributed by atoms with E-state index in [0.29, 0.717) is 11.8 Å². The maximum Gasteiger partial charge on any atom is 0.186 e. The van der Waals surface area contributed by atoms with Crippen LogP contribution in [-0.2, 0) is 9.59 Å². The number of rotatable bonds is 2. The van der Waals surface area contributed by atoms with Crippen molar-refractivity contribution < 1.29 is 9.59 Å². The predicted octanol–water partition coefficient (Wildman–Crippen LogP) is 4.54. The van der Waals surface area contributed by atoms with Crippen LogP contribution >= 0.6 is 0 Å². The third-order valence-electron chi connectivity index (χ3n) is 5.63. The van der Waals surface area contributed by atoms with Crippen molar-refractivity contribution >= 4 is 11.6 Å². The zero-order valence-corrected chi connectivity index (χ0v) is 13.1. The average Bonchev–Trinajstić information content (AvgIpc) is 2.53. The van der Waals surface area contributed by atoms with Gasteiger partial charge in [-0.2, -0.15) is 0 Å². The van der Waals surface area contributed by atoms with Crippen LogP contribution in [0.3, 0.4) is 0 Å². The fourth-order valence-electron chi connectivity index (χ4n) is 4.37. The second-order valence-corrected chi connectivity index (χ2v) is 7.00. The quantitative estimate of drug-likeness (QED) is 0.698. The lowest BCUT2D eigenvalue weighted by Crippen LogP contribution is -2.28. The van der Waals surface area contributed by atoms with E-state index in [4.69, 9.17) is 0 Å². The minimum atomic E-state index is 0.0933. The van der Waals surface area contributed by atoms with Gasteiger partial charge in [0.25, 0.3) is 0 Å². The summed E-state index contributed by atoms with van der Waals surface area (Å²) < 4.78 is 0. The van der Waals surface area contributed by atoms with Crippen LogP contribution in [-0.4, -0.2) is 11.6 Å². The summed E-state index contributed by atoms with van der Waals surface area (Å²) in [7, 11) is 0. The molecule has 0 heterocycles. The minimum Gasteiger partial charge on any atom is -0.290 e. The molecule has 3 rings (SSSR count). The standard InChI is InChI=1S/C19H26O2/c1-13-17(20)12-16(14-8-4-2-5-9-14)19(21)18(13)15-10-6-3-7-11-15/h12,14-15H,2-11H2,1H3. The first kappa shape index (κ1) is 14.7. The van der Waals surface area contributed by atoms with Crippen LogP contribution in [0, 0.1) is 11.8 Å². The molecule has 0 radical (unpaired) electrons. The van der Waals surface area contributed by atoms with Crippen molar-refractivity contribution in [1.82, 2.24) is 0 Å². The van der Waals surface area contributed by atoms with E-state index in [2.05, 4.69) is 0 Å². The Morgan fingerprint density at radius 2 is 1.33 bits per heavy atom. The molecule has 0 N–H and O–H groups in total. The van der Waals surface area contributed by atoms with Crippen LogP contribution in [0.15, 0.2) is 22.8 Å². The van der Waals surface area contributed by atoms with Crippen molar-refractivity contribution in [3.63, 3.8) is 0 Å². The summed E-state index contributed by atoms with van der Waals surface area (Å²) in [5, 5.41) is 0. The van der Waals surface area contributed by atoms with Crippen molar-refractivity contribution in [2.45, 2.75) is 71.1 Å². The summed E-state index contributed by atoms with van der Waals surface area (Å²) in [6.45, 7) is 1.86. The SMILES string of the molecule is CC1=C(C2CCCCC2)C(=O)C(C2CCCCC2)=CC1=O. The molecule has 2 fully saturated rings. The van der Waals surface area contributed by atoms with Crippen LogP contribution in [0.2, 0.25) is 0 Å². The third-order valence-corrected chi connectivity index (χ3v) is 5.63. The molecule has 0 aromatic rings. The van der Waals surface area contributed by atoms with Crippen molar-refractivity contribution in [1.29, 1.82) is 0 Å². The van der Waals surface area contributed by atoms with E-state index in [1.165, 1.54) is 38.5 Å². The molecule has 0 amide bonds. The van der Waals surface area contributed by atoms with Gasteiger partial charge in [0.15, 0.2) is 11.6 Å². The summed E-state index contributed by atoms with van der Waals surface area (Å²) in [5.74, 6) is 0.978. The van der Waals surface area contributed by atoms with E-state index in [9.17, 15) is 9.59 Å². The Hall–Kier alpha value is -1.18. The molecule has 114 valence electrons. The summed E-state index contributed by atoms with van der Waals surface area (Å²) in [5.41, 5.74) is 2.44. The topological polar surface area (TPSA) is 34.1 Å². The second-order valence-electron chi connectivity index (χ2n) is 7.00. The van der Waals surface area contributed by atoms with Crippen LogP contribution < -0.4 is 0 Å². The first-order chi connectivity index (χ1) is 10.2. The number of Topliss-reactive ketones (excluding diaryl/α,β-unsaturated/α-hetero) is 1. The van der Waals surface area contributed by atoms with E-state index in [1.54, 1.807) is 6.08 Å². The Morgan fingerprint density at radius 3 is 1.90 bits per heavy atom. The first-order valence-electron chi connectivity index (χ1n) is 8.70. The highest BCUT2D eigenvalue weighted by molar-refractivity contribution is 6.22. The van der Waals surface area contributed by atoms with E-state index >= 15 is 0 Å². The molecule has 2 heteroatoms. The van der Waals surface area contributed by atoms with E-state index < -0.39 is 0 Å². The van der Waals surface area contributed by atoms with Crippen molar-refractivity contribution in [2.75, 3.05) is 0 Å². The summed E-state index contributed by atoms with van der Waals surface area (Å²) in [4.78, 5) is 25.4. The van der Waals surface area contributed by atoms with E-state index in [1.807, 2.05) is 6.92 Å². The van der Waals surface area contributed by atoms with E-state index in [-0.39, 0.29) is 11.6 Å². The Balaban J connectivity index is 1.87. The molecule has 0 aromatic carbocycles. The lowest BCUT2D eigenvalue weighted by molar-refractivity contribution is -0.116. The van der Waals surface area contributed by atoms with Crippen molar-refractivity contribution in [3.8, 4) is 0 Å². The smallest absolute Gasteiger partial charge is 0.186 e. The molecule has 0 aliphatic heterocycles. The Kier molecular flexibility index (Phi) is 4.42. The number of hydrogen-bond donors (Lipinski definition) is 0. The fourth-order valence-corrected chi connectivity index (χ4v) is 4.37. The maximum atomic E-state index is 13.0. The molecule has 0 saturated heterocycles. The third kappa shape index (κ3) is 2.90. The van der Waals surface area contributed by atoms with Gasteiger partial charge in [-0.25, -0.2) is 0 Å². The zero-order valence-electron chi connectivity index (χ0n) is 13.1. The second kappa shape index (κ2) is 6.29. The molecule has 0 spiro atoms. The monoisotopic (exact) mass is 286 g/mol. The number of allylic oxidation sites excluding steroid dienone is 4. The molecule has 2 nitrogen and oxygen atoms in total. The molecule has 0 aromatic heterocycles. The Morgan fingerprint density at radius 1 is 0.810 bits per heavy atom. The number of hydrogen-bond acceptors (Lipinski definition) is 2. The molecule has 0 atom stereocenters. The summed E-state index contributed by atoms with van der Waals surface area (Å²) in [6.07, 6.45) is 13.4. The molecule has 0 bridgehead atoms. The Bertz CT molecular complexity index is 498. The first-order valence-corrected chi connectivity index (χ1v) is 8.70. The summed E-state index contributed by atoms with van der Waals surface area (Å²) in [6, 6.07) is 0. The van der Waals surface area contributed by atoms with E-state index in [0.717, 1.165) is 42.4 Å². The minimum absolute atomic E-state index is 0.0933. The van der Waals surface area contributed by atoms with Crippen LogP contribution in [0.5, 0.6) is 0 Å². The van der Waals surface area contributed by atoms with Gasteiger partial charge in [0.1, 0.15) is 0 Å². The average molecular weight is 286 g/mol. The highest BCUT2D eigenvalue weighted by Crippen LogP contribution is 2.39. The lowest BCUT2D eigenvalue weighted by atomic mass is 9.72. The van der Waals surface area contributed by atoms with Gasteiger partial charge in [0.05, 0.1) is 0 Å². The Labute approximate surface area is 127 Å². The molecule has 0 unspecified atom stereocenters. The fraction of sp³-hybridized carbons (Fsp3) is 0.684. The molecular weight excluding hydrogens is 260 g/mol. The highest BCUT2D eigenvalue weighted by atomic mass is 16.1. The predicted molar refractivity (Wildman–Crippen MR) is 83.9 cm³/mol. The molecule has 21 heavy (non-hydrogen) atoms. The van der Waals surface area contributed by atoms with Crippen LogP contribution in [0.4, 0.5) is 0 Å². The summed E-state index contributed by atoms with van der Waals surface area (Å²) >= 11 is 0. The van der Waals surface area contributed by atoms with Gasteiger partial charge in [0, 0.05) is 16.7 Å². The van der Waals surface area contributed by atoms with Gasteiger partial charge in [-0.3, -0.25) is 9.59 Å². The molecular formula is C19H26O2. The zero-order chi connectivity index (χ0) is 14.8. The molecule has 3 aliphatic carbocycles. The number of ketones is 2. The number of carbonyl (C=O) groups excluding carboxylic acids is 2. The normalized spacial score (nSPS) is 26.2. The van der Waals surface area contributed by atoms with Crippen molar-refractivity contribution in [3.05, 3.63) is 22.8 Å². The van der Waals surface area contributed by atoms with Gasteiger partial charge >= 0.3 is 0 Å². The van der Waals surface area contributed by atoms with Gasteiger partial charge < -0.3 is 0 Å². The van der Waals surface area contributed by atoms with Crippen molar-refractivity contribution in [2.24, 2.45) is 11.8 Å². The molecule has 2 saturated carbocycles. The molecule has 3 aliphatic rings. The van der Waals surface area contributed by atoms with Gasteiger partial charge in [-0.15, -0.1) is 0 Å². The van der Waals surface area contributed by atoms with Crippen LogP contribution in [0.1, 0.15) is 71.1 Å². The lowest BCUT2D eigenvalue weighted by Gasteiger charge is -2.31. The van der Waals surface area contributed by atoms with Gasteiger partial charge in [0.2, 0.25) is 0 Å². The highest BCUT2D eigenvalue weighted by Gasteiger charge is 2.35. The van der Waals surface area contributed by atoms with Gasteiger partial charge in [-0.1, -0.05) is 38.5 Å². The number of carbonyl (C=O) groups is 2. The maximum absolute atomic E-state index is 13.0.